The molecular weight excluding hydrogens is 204 g/mol. The number of carbonyl (C=O) groups is 2. The molecule has 4 nitrogen and oxygen atoms in total. The van der Waals surface area contributed by atoms with Crippen LogP contribution in [-0.4, -0.2) is 18.4 Å². The van der Waals surface area contributed by atoms with E-state index in [-0.39, 0.29) is 17.7 Å². The van der Waals surface area contributed by atoms with Gasteiger partial charge in [-0.3, -0.25) is 9.59 Å². The van der Waals surface area contributed by atoms with Crippen molar-refractivity contribution in [1.29, 1.82) is 0 Å². The molecule has 0 fully saturated rings. The van der Waals surface area contributed by atoms with Crippen LogP contribution in [0.1, 0.15) is 52.4 Å². The lowest BCUT2D eigenvalue weighted by Crippen LogP contribution is -2.31. The van der Waals surface area contributed by atoms with Crippen molar-refractivity contribution in [2.75, 3.05) is 6.54 Å². The Kier molecular flexibility index (Phi) is 8.58. The summed E-state index contributed by atoms with van der Waals surface area (Å²) in [6.45, 7) is 4.72. The Morgan fingerprint density at radius 2 is 1.75 bits per heavy atom. The van der Waals surface area contributed by atoms with E-state index in [1.165, 1.54) is 0 Å². The molecule has 94 valence electrons. The first-order valence-electron chi connectivity index (χ1n) is 6.17. The van der Waals surface area contributed by atoms with Gasteiger partial charge in [0.2, 0.25) is 11.8 Å². The first-order chi connectivity index (χ1) is 7.61. The van der Waals surface area contributed by atoms with Crippen molar-refractivity contribution in [2.24, 2.45) is 11.7 Å². The molecule has 0 aliphatic carbocycles. The molecule has 0 rings (SSSR count). The minimum absolute atomic E-state index is 0.119. The minimum Gasteiger partial charge on any atom is -0.370 e. The smallest absolute Gasteiger partial charge is 0.223 e. The molecule has 0 atom stereocenters. The third kappa shape index (κ3) is 7.26. The highest BCUT2D eigenvalue weighted by molar-refractivity contribution is 5.78. The molecule has 3 N–H and O–H groups in total. The van der Waals surface area contributed by atoms with Crippen LogP contribution in [0.4, 0.5) is 0 Å². The van der Waals surface area contributed by atoms with Gasteiger partial charge < -0.3 is 11.1 Å². The highest BCUT2D eigenvalue weighted by Gasteiger charge is 2.15. The van der Waals surface area contributed by atoms with E-state index >= 15 is 0 Å². The number of hydrogen-bond acceptors (Lipinski definition) is 2. The van der Waals surface area contributed by atoms with Gasteiger partial charge in [0, 0.05) is 18.9 Å². The summed E-state index contributed by atoms with van der Waals surface area (Å²) in [6.07, 6.45) is 4.91. The van der Waals surface area contributed by atoms with Crippen molar-refractivity contribution in [1.82, 2.24) is 5.32 Å². The summed E-state index contributed by atoms with van der Waals surface area (Å²) in [5, 5.41) is 2.86. The summed E-state index contributed by atoms with van der Waals surface area (Å²) >= 11 is 0. The maximum atomic E-state index is 11.7. The summed E-state index contributed by atoms with van der Waals surface area (Å²) in [6, 6.07) is 0. The second-order valence-corrected chi connectivity index (χ2v) is 4.14. The van der Waals surface area contributed by atoms with E-state index in [4.69, 9.17) is 5.73 Å². The van der Waals surface area contributed by atoms with Gasteiger partial charge in [-0.05, 0) is 19.3 Å². The molecule has 0 aromatic carbocycles. The average molecular weight is 228 g/mol. The molecule has 0 radical (unpaired) electrons. The Hall–Kier alpha value is -1.06. The van der Waals surface area contributed by atoms with E-state index in [1.54, 1.807) is 0 Å². The van der Waals surface area contributed by atoms with Crippen LogP contribution in [-0.2, 0) is 9.59 Å². The molecule has 4 heteroatoms. The number of hydrogen-bond donors (Lipinski definition) is 2. The predicted molar refractivity (Wildman–Crippen MR) is 64.7 cm³/mol. The fourth-order valence-corrected chi connectivity index (χ4v) is 1.72. The Bertz CT molecular complexity index is 211. The number of nitrogens with one attached hydrogen (secondary N) is 1. The molecule has 0 aliphatic heterocycles. The Balaban J connectivity index is 3.77. The maximum Gasteiger partial charge on any atom is 0.223 e. The molecule has 0 saturated carbocycles. The van der Waals surface area contributed by atoms with Gasteiger partial charge in [-0.25, -0.2) is 0 Å². The summed E-state index contributed by atoms with van der Waals surface area (Å²) in [5.41, 5.74) is 5.01. The lowest BCUT2D eigenvalue weighted by molar-refractivity contribution is -0.125. The first-order valence-corrected chi connectivity index (χ1v) is 6.17. The summed E-state index contributed by atoms with van der Waals surface area (Å²) in [5.74, 6) is -0.0651. The second kappa shape index (κ2) is 9.19. The van der Waals surface area contributed by atoms with Gasteiger partial charge in [-0.15, -0.1) is 0 Å². The normalized spacial score (nSPS) is 10.4. The van der Waals surface area contributed by atoms with E-state index in [9.17, 15) is 9.59 Å². The van der Waals surface area contributed by atoms with Gasteiger partial charge in [-0.1, -0.05) is 26.7 Å². The number of amides is 2. The molecule has 16 heavy (non-hydrogen) atoms. The Labute approximate surface area is 98.0 Å². The van der Waals surface area contributed by atoms with Crippen LogP contribution in [0.3, 0.4) is 0 Å². The van der Waals surface area contributed by atoms with Crippen molar-refractivity contribution in [2.45, 2.75) is 52.4 Å². The largest absolute Gasteiger partial charge is 0.370 e. The van der Waals surface area contributed by atoms with Crippen LogP contribution in [0.5, 0.6) is 0 Å². The highest BCUT2D eigenvalue weighted by atomic mass is 16.2. The van der Waals surface area contributed by atoms with E-state index in [1.807, 2.05) is 0 Å². The molecule has 0 aromatic rings. The molecule has 0 heterocycles. The van der Waals surface area contributed by atoms with Crippen molar-refractivity contribution in [3.8, 4) is 0 Å². The fraction of sp³-hybridized carbons (Fsp3) is 0.833. The third-order valence-corrected chi connectivity index (χ3v) is 2.54. The highest BCUT2D eigenvalue weighted by Crippen LogP contribution is 2.13. The van der Waals surface area contributed by atoms with Gasteiger partial charge in [0.1, 0.15) is 0 Å². The number of nitrogens with two attached hydrogens (primary N) is 1. The third-order valence-electron chi connectivity index (χ3n) is 2.54. The van der Waals surface area contributed by atoms with Gasteiger partial charge in [-0.2, -0.15) is 0 Å². The molecule has 0 unspecified atom stereocenters. The van der Waals surface area contributed by atoms with Gasteiger partial charge in [0.05, 0.1) is 0 Å². The van der Waals surface area contributed by atoms with E-state index < -0.39 is 0 Å². The number of primary amides is 1. The van der Waals surface area contributed by atoms with Crippen LogP contribution in [0.15, 0.2) is 0 Å². The van der Waals surface area contributed by atoms with E-state index in [2.05, 4.69) is 19.2 Å². The minimum atomic E-state index is -0.312. The van der Waals surface area contributed by atoms with Crippen LogP contribution in [0.2, 0.25) is 0 Å². The van der Waals surface area contributed by atoms with Crippen molar-refractivity contribution in [3.05, 3.63) is 0 Å². The second-order valence-electron chi connectivity index (χ2n) is 4.14. The zero-order valence-electron chi connectivity index (χ0n) is 10.4. The lowest BCUT2D eigenvalue weighted by atomic mass is 9.97. The molecule has 0 aliphatic rings. The lowest BCUT2D eigenvalue weighted by Gasteiger charge is -2.14. The molecule has 0 aromatic heterocycles. The van der Waals surface area contributed by atoms with Crippen molar-refractivity contribution < 1.29 is 9.59 Å². The molecule has 0 bridgehead atoms. The Morgan fingerprint density at radius 1 is 1.19 bits per heavy atom. The summed E-state index contributed by atoms with van der Waals surface area (Å²) < 4.78 is 0. The fourth-order valence-electron chi connectivity index (χ4n) is 1.72. The van der Waals surface area contributed by atoms with Crippen LogP contribution < -0.4 is 11.1 Å². The van der Waals surface area contributed by atoms with Crippen molar-refractivity contribution in [3.63, 3.8) is 0 Å². The summed E-state index contributed by atoms with van der Waals surface area (Å²) in [4.78, 5) is 22.2. The number of rotatable bonds is 9. The number of carbonyl (C=O) groups excluding carboxylic acids is 2. The molecule has 2 amide bonds. The van der Waals surface area contributed by atoms with Gasteiger partial charge in [0.25, 0.3) is 0 Å². The quantitative estimate of drug-likeness (QED) is 0.588. The van der Waals surface area contributed by atoms with E-state index in [0.717, 1.165) is 25.7 Å². The van der Waals surface area contributed by atoms with E-state index in [0.29, 0.717) is 19.4 Å². The predicted octanol–water partition coefficient (Wildman–Crippen LogP) is 1.58. The molecular formula is C12H24N2O2. The monoisotopic (exact) mass is 228 g/mol. The average Bonchev–Trinajstić information content (AvgIpc) is 2.23. The first kappa shape index (κ1) is 14.9. The van der Waals surface area contributed by atoms with Crippen LogP contribution in [0, 0.1) is 5.92 Å². The summed E-state index contributed by atoms with van der Waals surface area (Å²) in [7, 11) is 0. The van der Waals surface area contributed by atoms with Gasteiger partial charge in [0.15, 0.2) is 0 Å². The van der Waals surface area contributed by atoms with Crippen LogP contribution in [0.25, 0.3) is 0 Å². The van der Waals surface area contributed by atoms with Crippen LogP contribution >= 0.6 is 0 Å². The Morgan fingerprint density at radius 3 is 2.19 bits per heavy atom. The van der Waals surface area contributed by atoms with Gasteiger partial charge >= 0.3 is 0 Å². The molecule has 0 spiro atoms. The maximum absolute atomic E-state index is 11.7. The van der Waals surface area contributed by atoms with Crippen molar-refractivity contribution >= 4 is 11.8 Å². The zero-order chi connectivity index (χ0) is 12.4. The topological polar surface area (TPSA) is 72.2 Å². The standard InChI is InChI=1S/C12H24N2O2/c1-3-6-10(7-4-2)12(16)14-9-5-8-11(13)15/h10H,3-9H2,1-2H3,(H2,13,15)(H,14,16). The molecule has 0 saturated heterocycles. The zero-order valence-corrected chi connectivity index (χ0v) is 10.4. The SMILES string of the molecule is CCCC(CCC)C(=O)NCCCC(N)=O.